The lowest BCUT2D eigenvalue weighted by Gasteiger charge is -2.26. The van der Waals surface area contributed by atoms with Crippen molar-refractivity contribution in [3.63, 3.8) is 0 Å². The van der Waals surface area contributed by atoms with Crippen molar-refractivity contribution in [1.82, 2.24) is 24.9 Å². The molecule has 0 saturated heterocycles. The summed E-state index contributed by atoms with van der Waals surface area (Å²) in [5, 5.41) is 9.64. The minimum absolute atomic E-state index is 0.0196. The summed E-state index contributed by atoms with van der Waals surface area (Å²) in [6.07, 6.45) is 0. The zero-order valence-electron chi connectivity index (χ0n) is 14.6. The largest absolute Gasteiger partial charge is 0.351 e. The van der Waals surface area contributed by atoms with E-state index in [9.17, 15) is 4.79 Å². The van der Waals surface area contributed by atoms with Gasteiger partial charge < -0.3 is 10.2 Å². The number of nitrogens with zero attached hydrogens (tertiary/aromatic N) is 4. The molecule has 0 spiro atoms. The molecule has 3 rings (SSSR count). The van der Waals surface area contributed by atoms with Crippen molar-refractivity contribution in [2.45, 2.75) is 39.6 Å². The second-order valence-corrected chi connectivity index (χ2v) is 7.63. The van der Waals surface area contributed by atoms with E-state index in [0.29, 0.717) is 6.54 Å². The molecule has 130 valence electrons. The van der Waals surface area contributed by atoms with E-state index in [-0.39, 0.29) is 5.91 Å². The van der Waals surface area contributed by atoms with Crippen molar-refractivity contribution in [1.29, 1.82) is 0 Å². The Hall–Kier alpha value is -1.70. The highest BCUT2D eigenvalue weighted by Gasteiger charge is 2.19. The van der Waals surface area contributed by atoms with Crippen LogP contribution in [0.4, 0.5) is 0 Å². The number of thiophene rings is 1. The van der Waals surface area contributed by atoms with E-state index in [2.05, 4.69) is 56.5 Å². The molecule has 0 atom stereocenters. The van der Waals surface area contributed by atoms with E-state index in [1.807, 2.05) is 11.3 Å². The van der Waals surface area contributed by atoms with E-state index in [1.165, 1.54) is 23.1 Å². The molecule has 0 radical (unpaired) electrons. The minimum Gasteiger partial charge on any atom is -0.351 e. The average molecular weight is 347 g/mol. The monoisotopic (exact) mass is 347 g/mol. The molecule has 0 bridgehead atoms. The summed E-state index contributed by atoms with van der Waals surface area (Å²) in [5.41, 5.74) is 3.55. The van der Waals surface area contributed by atoms with Gasteiger partial charge in [0.2, 0.25) is 5.91 Å². The summed E-state index contributed by atoms with van der Waals surface area (Å²) in [5.74, 6) is -0.0196. The van der Waals surface area contributed by atoms with Crippen LogP contribution >= 0.6 is 11.3 Å². The molecule has 1 amide bonds. The summed E-state index contributed by atoms with van der Waals surface area (Å²) in [4.78, 5) is 17.1. The van der Waals surface area contributed by atoms with Crippen molar-refractivity contribution >= 4 is 17.2 Å². The van der Waals surface area contributed by atoms with Crippen molar-refractivity contribution in [2.75, 3.05) is 20.6 Å². The topological polar surface area (TPSA) is 53.4 Å². The molecule has 7 heteroatoms. The van der Waals surface area contributed by atoms with Crippen molar-refractivity contribution in [2.24, 2.45) is 0 Å². The van der Waals surface area contributed by atoms with Gasteiger partial charge in [-0.2, -0.15) is 5.10 Å². The van der Waals surface area contributed by atoms with Gasteiger partial charge in [-0.25, -0.2) is 0 Å². The first kappa shape index (κ1) is 17.1. The quantitative estimate of drug-likeness (QED) is 0.863. The Bertz CT molecular complexity index is 706. The maximum atomic E-state index is 11.0. The first-order chi connectivity index (χ1) is 11.5. The van der Waals surface area contributed by atoms with E-state index in [1.54, 1.807) is 0 Å². The molecular weight excluding hydrogens is 322 g/mol. The van der Waals surface area contributed by atoms with Gasteiger partial charge in [0.15, 0.2) is 0 Å². The Balaban J connectivity index is 1.58. The van der Waals surface area contributed by atoms with E-state index < -0.39 is 0 Å². The molecule has 0 aromatic carbocycles. The van der Waals surface area contributed by atoms with Crippen LogP contribution in [0, 0.1) is 0 Å². The van der Waals surface area contributed by atoms with Gasteiger partial charge in [0.1, 0.15) is 0 Å². The Morgan fingerprint density at radius 3 is 2.96 bits per heavy atom. The second kappa shape index (κ2) is 7.46. The zero-order valence-corrected chi connectivity index (χ0v) is 15.4. The van der Waals surface area contributed by atoms with E-state index in [0.717, 1.165) is 38.4 Å². The molecule has 1 N–H and O–H groups in total. The number of fused-ring (bicyclic) bond motifs is 1. The Morgan fingerprint density at radius 2 is 2.21 bits per heavy atom. The summed E-state index contributed by atoms with van der Waals surface area (Å²) in [7, 11) is 4.20. The van der Waals surface area contributed by atoms with Gasteiger partial charge in [-0.15, -0.1) is 11.3 Å². The molecule has 0 saturated carbocycles. The van der Waals surface area contributed by atoms with Crippen LogP contribution in [-0.4, -0.2) is 46.1 Å². The maximum absolute atomic E-state index is 11.0. The van der Waals surface area contributed by atoms with Crippen LogP contribution < -0.4 is 5.32 Å². The summed E-state index contributed by atoms with van der Waals surface area (Å²) < 4.78 is 2.07. The number of nitrogens with one attached hydrogen (secondary N) is 1. The molecule has 2 aromatic heterocycles. The number of carbonyl (C=O) groups excluding carboxylic acids is 1. The molecule has 2 aromatic rings. The highest BCUT2D eigenvalue weighted by Crippen LogP contribution is 2.21. The molecule has 1 aliphatic rings. The molecular formula is C17H25N5OS. The van der Waals surface area contributed by atoms with Crippen LogP contribution in [0.15, 0.2) is 17.5 Å². The van der Waals surface area contributed by atoms with Crippen LogP contribution in [0.2, 0.25) is 0 Å². The number of aromatic nitrogens is 2. The Labute approximate surface area is 147 Å². The molecule has 1 aliphatic heterocycles. The second-order valence-electron chi connectivity index (χ2n) is 6.63. The molecule has 6 nitrogen and oxygen atoms in total. The lowest BCUT2D eigenvalue weighted by molar-refractivity contribution is -0.119. The third kappa shape index (κ3) is 4.43. The van der Waals surface area contributed by atoms with Gasteiger partial charge in [-0.3, -0.25) is 14.4 Å². The number of hydrogen-bond donors (Lipinski definition) is 1. The fourth-order valence-electron chi connectivity index (χ4n) is 2.99. The fraction of sp³-hybridized carbons (Fsp3) is 0.529. The van der Waals surface area contributed by atoms with Gasteiger partial charge in [-0.1, -0.05) is 0 Å². The lowest BCUT2D eigenvalue weighted by atomic mass is 10.2. The number of carbonyl (C=O) groups is 1. The van der Waals surface area contributed by atoms with Crippen molar-refractivity contribution < 1.29 is 4.79 Å². The van der Waals surface area contributed by atoms with Crippen molar-refractivity contribution in [3.8, 4) is 0 Å². The average Bonchev–Trinajstić information content (AvgIpc) is 3.10. The first-order valence-corrected chi connectivity index (χ1v) is 9.11. The summed E-state index contributed by atoms with van der Waals surface area (Å²) in [6, 6.07) is 4.42. The summed E-state index contributed by atoms with van der Waals surface area (Å²) >= 11 is 1.84. The molecule has 0 aliphatic carbocycles. The van der Waals surface area contributed by atoms with E-state index >= 15 is 0 Å². The normalized spacial score (nSPS) is 14.8. The molecule has 24 heavy (non-hydrogen) atoms. The minimum atomic E-state index is -0.0196. The zero-order chi connectivity index (χ0) is 17.1. The van der Waals surface area contributed by atoms with Crippen LogP contribution in [0.3, 0.4) is 0 Å². The number of amides is 1. The highest BCUT2D eigenvalue weighted by molar-refractivity contribution is 7.10. The highest BCUT2D eigenvalue weighted by atomic mass is 32.1. The maximum Gasteiger partial charge on any atom is 0.217 e. The summed E-state index contributed by atoms with van der Waals surface area (Å²) in [6.45, 7) is 6.85. The van der Waals surface area contributed by atoms with Gasteiger partial charge in [0.25, 0.3) is 0 Å². The van der Waals surface area contributed by atoms with Crippen LogP contribution in [0.5, 0.6) is 0 Å². The predicted octanol–water partition coefficient (Wildman–Crippen LogP) is 1.66. The molecule has 3 heterocycles. The van der Waals surface area contributed by atoms with Crippen LogP contribution in [0.25, 0.3) is 0 Å². The molecule has 0 fully saturated rings. The van der Waals surface area contributed by atoms with Gasteiger partial charge >= 0.3 is 0 Å². The van der Waals surface area contributed by atoms with E-state index in [4.69, 9.17) is 0 Å². The van der Waals surface area contributed by atoms with Gasteiger partial charge in [0.05, 0.1) is 24.5 Å². The van der Waals surface area contributed by atoms with Crippen molar-refractivity contribution in [3.05, 3.63) is 39.3 Å². The Morgan fingerprint density at radius 1 is 1.38 bits per heavy atom. The third-order valence-electron chi connectivity index (χ3n) is 4.03. The number of rotatable bonds is 6. The van der Waals surface area contributed by atoms with Crippen LogP contribution in [-0.2, 0) is 37.5 Å². The van der Waals surface area contributed by atoms with Gasteiger partial charge in [0, 0.05) is 38.0 Å². The standard InChI is InChI=1S/C17H25N5OS/c1-13(23)18-8-15-7-16-10-21(4-5-22(16)19-15)11-17-6-14(12-24-17)9-20(2)3/h6-7,12H,4-5,8-11H2,1-3H3,(H,18,23). The number of hydrogen-bond acceptors (Lipinski definition) is 5. The fourth-order valence-corrected chi connectivity index (χ4v) is 3.92. The first-order valence-electron chi connectivity index (χ1n) is 8.23. The third-order valence-corrected chi connectivity index (χ3v) is 5.00. The SMILES string of the molecule is CC(=O)NCc1cc2n(n1)CCN(Cc1cc(CN(C)C)cs1)C2. The lowest BCUT2D eigenvalue weighted by Crippen LogP contribution is -2.33. The smallest absolute Gasteiger partial charge is 0.217 e. The predicted molar refractivity (Wildman–Crippen MR) is 95.6 cm³/mol. The van der Waals surface area contributed by atoms with Gasteiger partial charge in [-0.05, 0) is 37.2 Å². The van der Waals surface area contributed by atoms with Crippen LogP contribution in [0.1, 0.15) is 28.8 Å². The molecule has 0 unspecified atom stereocenters. The Kier molecular flexibility index (Phi) is 5.33.